The lowest BCUT2D eigenvalue weighted by molar-refractivity contribution is 0.344. The Morgan fingerprint density at radius 1 is 1.59 bits per heavy atom. The van der Waals surface area contributed by atoms with Crippen LogP contribution in [0.3, 0.4) is 0 Å². The molecule has 1 aliphatic rings. The lowest BCUT2D eigenvalue weighted by Crippen LogP contribution is -2.37. The Kier molecular flexibility index (Phi) is 3.36. The van der Waals surface area contributed by atoms with Crippen LogP contribution >= 0.6 is 11.8 Å². The third-order valence-corrected chi connectivity index (χ3v) is 4.16. The molecule has 0 saturated heterocycles. The highest BCUT2D eigenvalue weighted by atomic mass is 32.2. The first-order chi connectivity index (χ1) is 7.89. The SMILES string of the molecule is CC(C)(C)C(N)CSc1n[nH]c(=O)n1C1CC1. The number of H-pyrrole nitrogens is 1. The molecule has 6 heteroatoms. The zero-order valence-corrected chi connectivity index (χ0v) is 11.4. The first-order valence-electron chi connectivity index (χ1n) is 5.95. The number of rotatable bonds is 4. The Morgan fingerprint density at radius 2 is 2.24 bits per heavy atom. The van der Waals surface area contributed by atoms with E-state index in [4.69, 9.17) is 5.73 Å². The molecular weight excluding hydrogens is 236 g/mol. The summed E-state index contributed by atoms with van der Waals surface area (Å²) in [5.74, 6) is 0.778. The molecule has 1 heterocycles. The summed E-state index contributed by atoms with van der Waals surface area (Å²) in [6.45, 7) is 6.37. The van der Waals surface area contributed by atoms with E-state index in [0.29, 0.717) is 6.04 Å². The summed E-state index contributed by atoms with van der Waals surface area (Å²) in [6.07, 6.45) is 2.16. The molecule has 1 aromatic rings. The van der Waals surface area contributed by atoms with E-state index in [9.17, 15) is 4.79 Å². The van der Waals surface area contributed by atoms with Gasteiger partial charge in [-0.25, -0.2) is 9.89 Å². The van der Waals surface area contributed by atoms with E-state index in [1.54, 1.807) is 16.3 Å². The van der Waals surface area contributed by atoms with E-state index in [0.717, 1.165) is 23.8 Å². The van der Waals surface area contributed by atoms with Gasteiger partial charge in [0.25, 0.3) is 0 Å². The minimum absolute atomic E-state index is 0.0774. The first kappa shape index (κ1) is 12.7. The molecule has 2 rings (SSSR count). The number of aromatic nitrogens is 3. The molecule has 1 saturated carbocycles. The van der Waals surface area contributed by atoms with Crippen molar-refractivity contribution < 1.29 is 0 Å². The van der Waals surface area contributed by atoms with Crippen molar-refractivity contribution in [3.63, 3.8) is 0 Å². The maximum atomic E-state index is 11.6. The third-order valence-electron chi connectivity index (χ3n) is 3.09. The molecule has 0 bridgehead atoms. The zero-order valence-electron chi connectivity index (χ0n) is 10.6. The van der Waals surface area contributed by atoms with E-state index in [2.05, 4.69) is 31.0 Å². The van der Waals surface area contributed by atoms with Crippen molar-refractivity contribution in [1.82, 2.24) is 14.8 Å². The molecule has 3 N–H and O–H groups in total. The second-order valence-electron chi connectivity index (χ2n) is 5.70. The fourth-order valence-electron chi connectivity index (χ4n) is 1.46. The van der Waals surface area contributed by atoms with Gasteiger partial charge >= 0.3 is 5.69 Å². The van der Waals surface area contributed by atoms with Crippen LogP contribution in [0, 0.1) is 5.41 Å². The van der Waals surface area contributed by atoms with Gasteiger partial charge in [-0.2, -0.15) is 0 Å². The summed E-state index contributed by atoms with van der Waals surface area (Å²) in [5, 5.41) is 7.36. The topological polar surface area (TPSA) is 76.7 Å². The Balaban J connectivity index is 2.02. The van der Waals surface area contributed by atoms with Crippen LogP contribution in [-0.4, -0.2) is 26.6 Å². The van der Waals surface area contributed by atoms with Crippen LogP contribution in [0.1, 0.15) is 39.7 Å². The fraction of sp³-hybridized carbons (Fsp3) is 0.818. The molecule has 0 spiro atoms. The molecule has 17 heavy (non-hydrogen) atoms. The summed E-state index contributed by atoms with van der Waals surface area (Å²) in [5.41, 5.74) is 6.08. The average molecular weight is 256 g/mol. The Labute approximate surface area is 105 Å². The quantitative estimate of drug-likeness (QED) is 0.798. The van der Waals surface area contributed by atoms with Gasteiger partial charge in [0.2, 0.25) is 0 Å². The van der Waals surface area contributed by atoms with Gasteiger partial charge in [0, 0.05) is 17.8 Å². The Hall–Kier alpha value is -0.750. The number of thioether (sulfide) groups is 1. The van der Waals surface area contributed by atoms with Gasteiger partial charge in [0.15, 0.2) is 5.16 Å². The maximum absolute atomic E-state index is 11.6. The predicted molar refractivity (Wildman–Crippen MR) is 69.3 cm³/mol. The molecule has 0 aromatic carbocycles. The first-order valence-corrected chi connectivity index (χ1v) is 6.93. The number of hydrogen-bond acceptors (Lipinski definition) is 4. The minimum Gasteiger partial charge on any atom is -0.326 e. The van der Waals surface area contributed by atoms with Crippen LogP contribution in [0.5, 0.6) is 0 Å². The van der Waals surface area contributed by atoms with E-state index in [1.807, 2.05) is 0 Å². The highest BCUT2D eigenvalue weighted by Crippen LogP contribution is 2.36. The maximum Gasteiger partial charge on any atom is 0.344 e. The van der Waals surface area contributed by atoms with Crippen LogP contribution in [0.15, 0.2) is 9.95 Å². The van der Waals surface area contributed by atoms with E-state index in [-0.39, 0.29) is 17.1 Å². The van der Waals surface area contributed by atoms with Crippen molar-refractivity contribution in [1.29, 1.82) is 0 Å². The normalized spacial score (nSPS) is 18.4. The van der Waals surface area contributed by atoms with Crippen LogP contribution in [0.25, 0.3) is 0 Å². The lowest BCUT2D eigenvalue weighted by atomic mass is 9.89. The summed E-state index contributed by atoms with van der Waals surface area (Å²) in [7, 11) is 0. The van der Waals surface area contributed by atoms with Crippen molar-refractivity contribution in [2.75, 3.05) is 5.75 Å². The van der Waals surface area contributed by atoms with Gasteiger partial charge in [-0.05, 0) is 18.3 Å². The molecule has 96 valence electrons. The number of nitrogens with zero attached hydrogens (tertiary/aromatic N) is 2. The van der Waals surface area contributed by atoms with Gasteiger partial charge < -0.3 is 5.73 Å². The van der Waals surface area contributed by atoms with Crippen molar-refractivity contribution in [3.8, 4) is 0 Å². The molecule has 0 amide bonds. The molecule has 1 aliphatic carbocycles. The molecule has 0 radical (unpaired) electrons. The predicted octanol–water partition coefficient (Wildman–Crippen LogP) is 1.37. The Morgan fingerprint density at radius 3 is 2.76 bits per heavy atom. The van der Waals surface area contributed by atoms with Gasteiger partial charge in [-0.1, -0.05) is 32.5 Å². The number of aromatic amines is 1. The molecule has 1 fully saturated rings. The van der Waals surface area contributed by atoms with Gasteiger partial charge in [0.1, 0.15) is 0 Å². The Bertz CT molecular complexity index is 441. The highest BCUT2D eigenvalue weighted by molar-refractivity contribution is 7.99. The van der Waals surface area contributed by atoms with Crippen molar-refractivity contribution in [2.45, 2.75) is 50.9 Å². The minimum atomic E-state index is -0.0978. The van der Waals surface area contributed by atoms with E-state index < -0.39 is 0 Å². The number of nitrogens with two attached hydrogens (primary N) is 1. The van der Waals surface area contributed by atoms with Gasteiger partial charge in [0.05, 0.1) is 0 Å². The van der Waals surface area contributed by atoms with Crippen LogP contribution in [0.2, 0.25) is 0 Å². The zero-order chi connectivity index (χ0) is 12.6. The highest BCUT2D eigenvalue weighted by Gasteiger charge is 2.29. The molecule has 5 nitrogen and oxygen atoms in total. The van der Waals surface area contributed by atoms with Crippen LogP contribution in [-0.2, 0) is 0 Å². The second kappa shape index (κ2) is 4.49. The number of hydrogen-bond donors (Lipinski definition) is 2. The smallest absolute Gasteiger partial charge is 0.326 e. The van der Waals surface area contributed by atoms with Crippen molar-refractivity contribution >= 4 is 11.8 Å². The van der Waals surface area contributed by atoms with Gasteiger partial charge in [-0.15, -0.1) is 5.10 Å². The summed E-state index contributed by atoms with van der Waals surface area (Å²) in [6, 6.07) is 0.446. The third kappa shape index (κ3) is 2.93. The molecule has 1 aromatic heterocycles. The molecule has 1 unspecified atom stereocenters. The molecule has 1 atom stereocenters. The summed E-state index contributed by atoms with van der Waals surface area (Å²) >= 11 is 1.57. The number of nitrogens with one attached hydrogen (secondary N) is 1. The van der Waals surface area contributed by atoms with Crippen LogP contribution in [0.4, 0.5) is 0 Å². The largest absolute Gasteiger partial charge is 0.344 e. The second-order valence-corrected chi connectivity index (χ2v) is 6.68. The molecular formula is C11H20N4OS. The van der Waals surface area contributed by atoms with E-state index >= 15 is 0 Å². The van der Waals surface area contributed by atoms with Crippen molar-refractivity contribution in [2.24, 2.45) is 11.1 Å². The summed E-state index contributed by atoms with van der Waals surface area (Å²) in [4.78, 5) is 11.6. The lowest BCUT2D eigenvalue weighted by Gasteiger charge is -2.26. The monoisotopic (exact) mass is 256 g/mol. The summed E-state index contributed by atoms with van der Waals surface area (Å²) < 4.78 is 1.76. The standard InChI is InChI=1S/C11H20N4OS/c1-11(2,3)8(12)6-17-10-14-13-9(16)15(10)7-4-5-7/h7-8H,4-6,12H2,1-3H3,(H,13,16). The van der Waals surface area contributed by atoms with Crippen molar-refractivity contribution in [3.05, 3.63) is 10.5 Å². The van der Waals surface area contributed by atoms with E-state index in [1.165, 1.54) is 0 Å². The molecule has 0 aliphatic heterocycles. The van der Waals surface area contributed by atoms with Gasteiger partial charge in [-0.3, -0.25) is 4.57 Å². The average Bonchev–Trinajstić information content (AvgIpc) is 2.99. The van der Waals surface area contributed by atoms with Crippen LogP contribution < -0.4 is 11.4 Å². The fourth-order valence-corrected chi connectivity index (χ4v) is 2.77.